The second-order valence-corrected chi connectivity index (χ2v) is 5.07. The first kappa shape index (κ1) is 10.1. The first-order valence-electron chi connectivity index (χ1n) is 5.14. The summed E-state index contributed by atoms with van der Waals surface area (Å²) in [4.78, 5) is 4.14. The Morgan fingerprint density at radius 1 is 1.43 bits per heavy atom. The van der Waals surface area contributed by atoms with Crippen LogP contribution < -0.4 is 5.73 Å². The van der Waals surface area contributed by atoms with Gasteiger partial charge >= 0.3 is 0 Å². The molecule has 0 amide bonds. The molecule has 3 nitrogen and oxygen atoms in total. The van der Waals surface area contributed by atoms with Gasteiger partial charge in [0.25, 0.3) is 0 Å². The summed E-state index contributed by atoms with van der Waals surface area (Å²) in [6, 6.07) is 0. The third-order valence-electron chi connectivity index (χ3n) is 3.09. The molecule has 0 aromatic carbocycles. The van der Waals surface area contributed by atoms with Crippen molar-refractivity contribution in [2.24, 2.45) is 5.73 Å². The lowest BCUT2D eigenvalue weighted by atomic mass is 9.88. The Labute approximate surface area is 89.1 Å². The zero-order chi connectivity index (χ0) is 9.86. The molecular formula is C10H17N3S. The van der Waals surface area contributed by atoms with Crippen molar-refractivity contribution in [1.29, 1.82) is 0 Å². The topological polar surface area (TPSA) is 43.8 Å². The molecule has 0 atom stereocenters. The van der Waals surface area contributed by atoms with E-state index in [0.717, 1.165) is 13.0 Å². The van der Waals surface area contributed by atoms with Crippen molar-refractivity contribution < 1.29 is 0 Å². The van der Waals surface area contributed by atoms with Crippen LogP contribution in [-0.4, -0.2) is 27.6 Å². The van der Waals surface area contributed by atoms with Gasteiger partial charge in [0, 0.05) is 17.9 Å². The average molecular weight is 211 g/mol. The van der Waals surface area contributed by atoms with Gasteiger partial charge in [0.1, 0.15) is 0 Å². The van der Waals surface area contributed by atoms with Crippen LogP contribution in [0.1, 0.15) is 19.3 Å². The normalized spacial score (nSPS) is 20.9. The van der Waals surface area contributed by atoms with Gasteiger partial charge in [-0.25, -0.2) is 4.98 Å². The Morgan fingerprint density at radius 2 is 2.21 bits per heavy atom. The molecule has 4 heteroatoms. The molecule has 1 fully saturated rings. The van der Waals surface area contributed by atoms with Crippen LogP contribution in [0.2, 0.25) is 0 Å². The number of nitrogens with zero attached hydrogens (tertiary/aromatic N) is 2. The highest BCUT2D eigenvalue weighted by Gasteiger charge is 2.32. The molecule has 1 aliphatic heterocycles. The predicted octanol–water partition coefficient (Wildman–Crippen LogP) is 1.45. The van der Waals surface area contributed by atoms with Crippen molar-refractivity contribution in [2.45, 2.75) is 24.8 Å². The molecule has 0 bridgehead atoms. The second-order valence-electron chi connectivity index (χ2n) is 3.85. The van der Waals surface area contributed by atoms with E-state index in [9.17, 15) is 0 Å². The van der Waals surface area contributed by atoms with Crippen LogP contribution in [0.25, 0.3) is 0 Å². The van der Waals surface area contributed by atoms with Crippen LogP contribution in [0.4, 0.5) is 0 Å². The zero-order valence-corrected chi connectivity index (χ0v) is 9.17. The third-order valence-corrected chi connectivity index (χ3v) is 4.07. The van der Waals surface area contributed by atoms with Gasteiger partial charge in [-0.15, -0.1) is 0 Å². The molecular weight excluding hydrogens is 194 g/mol. The van der Waals surface area contributed by atoms with Crippen molar-refractivity contribution in [3.8, 4) is 0 Å². The van der Waals surface area contributed by atoms with E-state index in [-0.39, 0.29) is 5.54 Å². The molecule has 2 N–H and O–H groups in total. The zero-order valence-electron chi connectivity index (χ0n) is 8.35. The van der Waals surface area contributed by atoms with Gasteiger partial charge in [0.15, 0.2) is 0 Å². The van der Waals surface area contributed by atoms with E-state index < -0.39 is 0 Å². The average Bonchev–Trinajstić information content (AvgIpc) is 2.73. The van der Waals surface area contributed by atoms with Gasteiger partial charge in [0.2, 0.25) is 0 Å². The van der Waals surface area contributed by atoms with Gasteiger partial charge in [-0.3, -0.25) is 0 Å². The number of hydrogen-bond acceptors (Lipinski definition) is 3. The number of rotatable bonds is 3. The summed E-state index contributed by atoms with van der Waals surface area (Å²) in [5.74, 6) is 2.50. The lowest BCUT2D eigenvalue weighted by Crippen LogP contribution is -2.38. The van der Waals surface area contributed by atoms with Crippen LogP contribution in [0.15, 0.2) is 18.7 Å². The summed E-state index contributed by atoms with van der Waals surface area (Å²) in [7, 11) is 0. The summed E-state index contributed by atoms with van der Waals surface area (Å²) in [6.45, 7) is 0.767. The number of aromatic nitrogens is 2. The quantitative estimate of drug-likeness (QED) is 0.823. The van der Waals surface area contributed by atoms with Gasteiger partial charge in [-0.1, -0.05) is 0 Å². The van der Waals surface area contributed by atoms with Crippen LogP contribution in [0.3, 0.4) is 0 Å². The van der Waals surface area contributed by atoms with E-state index in [0.29, 0.717) is 0 Å². The summed E-state index contributed by atoms with van der Waals surface area (Å²) in [6.07, 6.45) is 9.40. The third kappa shape index (κ3) is 1.81. The van der Waals surface area contributed by atoms with E-state index in [1.165, 1.54) is 24.3 Å². The molecule has 0 unspecified atom stereocenters. The largest absolute Gasteiger partial charge is 0.331 e. The molecule has 14 heavy (non-hydrogen) atoms. The summed E-state index contributed by atoms with van der Waals surface area (Å²) in [5.41, 5.74) is 5.97. The highest BCUT2D eigenvalue weighted by Crippen LogP contribution is 2.35. The number of hydrogen-bond donors (Lipinski definition) is 1. The molecule has 1 aromatic rings. The van der Waals surface area contributed by atoms with E-state index in [2.05, 4.69) is 15.7 Å². The highest BCUT2D eigenvalue weighted by molar-refractivity contribution is 7.99. The van der Waals surface area contributed by atoms with E-state index in [1.54, 1.807) is 0 Å². The van der Waals surface area contributed by atoms with Gasteiger partial charge in [-0.2, -0.15) is 11.8 Å². The van der Waals surface area contributed by atoms with E-state index in [1.807, 2.05) is 24.3 Å². The second kappa shape index (κ2) is 4.36. The SMILES string of the molecule is NCCC1(n2ccnc2)CCSCC1. The molecule has 1 aromatic heterocycles. The number of imidazole rings is 1. The lowest BCUT2D eigenvalue weighted by Gasteiger charge is -2.38. The van der Waals surface area contributed by atoms with E-state index >= 15 is 0 Å². The smallest absolute Gasteiger partial charge is 0.0951 e. The standard InChI is InChI=1S/C10H17N3S/c11-4-1-10(2-7-14-8-3-10)13-6-5-12-9-13/h5-6,9H,1-4,7-8,11H2. The van der Waals surface area contributed by atoms with Crippen molar-refractivity contribution >= 4 is 11.8 Å². The lowest BCUT2D eigenvalue weighted by molar-refractivity contribution is 0.243. The van der Waals surface area contributed by atoms with Gasteiger partial charge in [0.05, 0.1) is 6.33 Å². The number of nitrogens with two attached hydrogens (primary N) is 1. The van der Waals surface area contributed by atoms with Crippen LogP contribution in [0, 0.1) is 0 Å². The highest BCUT2D eigenvalue weighted by atomic mass is 32.2. The maximum atomic E-state index is 5.71. The fourth-order valence-corrected chi connectivity index (χ4v) is 3.45. The van der Waals surface area contributed by atoms with Gasteiger partial charge in [-0.05, 0) is 37.3 Å². The molecule has 78 valence electrons. The first-order valence-corrected chi connectivity index (χ1v) is 6.29. The summed E-state index contributed by atoms with van der Waals surface area (Å²) in [5, 5.41) is 0. The summed E-state index contributed by atoms with van der Waals surface area (Å²) < 4.78 is 2.26. The fourth-order valence-electron chi connectivity index (χ4n) is 2.20. The fraction of sp³-hybridized carbons (Fsp3) is 0.700. The van der Waals surface area contributed by atoms with E-state index in [4.69, 9.17) is 5.73 Å². The Balaban J connectivity index is 2.20. The van der Waals surface area contributed by atoms with Crippen molar-refractivity contribution in [3.05, 3.63) is 18.7 Å². The monoisotopic (exact) mass is 211 g/mol. The summed E-state index contributed by atoms with van der Waals surface area (Å²) >= 11 is 2.05. The van der Waals surface area contributed by atoms with Crippen molar-refractivity contribution in [3.63, 3.8) is 0 Å². The minimum atomic E-state index is 0.260. The Morgan fingerprint density at radius 3 is 2.79 bits per heavy atom. The Kier molecular flexibility index (Phi) is 3.13. The maximum Gasteiger partial charge on any atom is 0.0951 e. The first-order chi connectivity index (χ1) is 6.87. The molecule has 2 rings (SSSR count). The molecule has 2 heterocycles. The molecule has 1 saturated heterocycles. The van der Waals surface area contributed by atoms with Crippen molar-refractivity contribution in [2.75, 3.05) is 18.1 Å². The number of thioether (sulfide) groups is 1. The van der Waals surface area contributed by atoms with Crippen molar-refractivity contribution in [1.82, 2.24) is 9.55 Å². The molecule has 0 spiro atoms. The van der Waals surface area contributed by atoms with Crippen LogP contribution >= 0.6 is 11.8 Å². The molecule has 0 radical (unpaired) electrons. The Hall–Kier alpha value is -0.480. The molecule has 0 aliphatic carbocycles. The van der Waals surface area contributed by atoms with Crippen LogP contribution in [-0.2, 0) is 5.54 Å². The minimum absolute atomic E-state index is 0.260. The Bertz CT molecular complexity index is 259. The maximum absolute atomic E-state index is 5.71. The molecule has 0 saturated carbocycles. The predicted molar refractivity (Wildman–Crippen MR) is 60.4 cm³/mol. The molecule has 1 aliphatic rings. The van der Waals surface area contributed by atoms with Crippen LogP contribution in [0.5, 0.6) is 0 Å². The minimum Gasteiger partial charge on any atom is -0.331 e. The van der Waals surface area contributed by atoms with Gasteiger partial charge < -0.3 is 10.3 Å².